The third-order valence-corrected chi connectivity index (χ3v) is 3.96. The molecular weight excluding hydrogens is 344 g/mol. The number of hydrogen-bond donors (Lipinski definition) is 2. The lowest BCUT2D eigenvalue weighted by Crippen LogP contribution is -2.26. The number of ether oxygens (including phenoxy) is 2. The molecule has 2 aromatic carbocycles. The van der Waals surface area contributed by atoms with Gasteiger partial charge in [-0.25, -0.2) is 0 Å². The lowest BCUT2D eigenvalue weighted by Gasteiger charge is -2.10. The van der Waals surface area contributed by atoms with Crippen molar-refractivity contribution in [2.45, 2.75) is 6.42 Å². The summed E-state index contributed by atoms with van der Waals surface area (Å²) in [4.78, 5) is 24.1. The van der Waals surface area contributed by atoms with Gasteiger partial charge in [0, 0.05) is 24.2 Å². The van der Waals surface area contributed by atoms with Gasteiger partial charge in [-0.15, -0.1) is 6.58 Å². The van der Waals surface area contributed by atoms with Gasteiger partial charge in [-0.1, -0.05) is 12.1 Å². The molecule has 2 aromatic rings. The monoisotopic (exact) mass is 368 g/mol. The molecule has 0 atom stereocenters. The van der Waals surface area contributed by atoms with E-state index in [1.165, 1.54) is 0 Å². The van der Waals surface area contributed by atoms with Gasteiger partial charge >= 0.3 is 0 Å². The molecule has 0 radical (unpaired) electrons. The van der Waals surface area contributed by atoms with Crippen molar-refractivity contribution < 1.29 is 19.1 Å². The van der Waals surface area contributed by atoms with E-state index in [1.54, 1.807) is 44.6 Å². The maximum Gasteiger partial charge on any atom is 0.251 e. The predicted molar refractivity (Wildman–Crippen MR) is 105 cm³/mol. The highest BCUT2D eigenvalue weighted by Crippen LogP contribution is 2.27. The van der Waals surface area contributed by atoms with E-state index in [0.717, 1.165) is 5.56 Å². The second kappa shape index (κ2) is 10.0. The third kappa shape index (κ3) is 5.60. The highest BCUT2D eigenvalue weighted by molar-refractivity contribution is 5.97. The van der Waals surface area contributed by atoms with Crippen molar-refractivity contribution in [3.63, 3.8) is 0 Å². The SMILES string of the molecule is C=CCNC(=O)c1ccc(C(=O)NCCc2ccc(OC)c(OC)c2)cc1. The summed E-state index contributed by atoms with van der Waals surface area (Å²) < 4.78 is 10.5. The van der Waals surface area contributed by atoms with Gasteiger partial charge in [0.15, 0.2) is 11.5 Å². The highest BCUT2D eigenvalue weighted by Gasteiger charge is 2.09. The Morgan fingerprint density at radius 3 is 2.07 bits per heavy atom. The average molecular weight is 368 g/mol. The summed E-state index contributed by atoms with van der Waals surface area (Å²) in [5.41, 5.74) is 2.03. The first-order chi connectivity index (χ1) is 13.1. The van der Waals surface area contributed by atoms with Crippen molar-refractivity contribution in [2.75, 3.05) is 27.3 Å². The zero-order valence-corrected chi connectivity index (χ0v) is 15.6. The minimum Gasteiger partial charge on any atom is -0.493 e. The lowest BCUT2D eigenvalue weighted by molar-refractivity contribution is 0.0944. The van der Waals surface area contributed by atoms with Crippen LogP contribution in [0.15, 0.2) is 55.1 Å². The van der Waals surface area contributed by atoms with E-state index in [9.17, 15) is 9.59 Å². The van der Waals surface area contributed by atoms with Crippen LogP contribution in [0, 0.1) is 0 Å². The zero-order valence-electron chi connectivity index (χ0n) is 15.6. The van der Waals surface area contributed by atoms with Crippen LogP contribution < -0.4 is 20.1 Å². The standard InChI is InChI=1S/C21H24N2O4/c1-4-12-22-20(24)16-6-8-17(9-7-16)21(25)23-13-11-15-5-10-18(26-2)19(14-15)27-3/h4-10,14H,1,11-13H2,2-3H3,(H,22,24)(H,23,25). The average Bonchev–Trinajstić information content (AvgIpc) is 2.71. The van der Waals surface area contributed by atoms with Crippen LogP contribution in [0.25, 0.3) is 0 Å². The van der Waals surface area contributed by atoms with Crippen molar-refractivity contribution in [1.29, 1.82) is 0 Å². The molecule has 27 heavy (non-hydrogen) atoms. The van der Waals surface area contributed by atoms with E-state index < -0.39 is 0 Å². The smallest absolute Gasteiger partial charge is 0.251 e. The Bertz CT molecular complexity index is 800. The molecule has 0 spiro atoms. The summed E-state index contributed by atoms with van der Waals surface area (Å²) in [5, 5.41) is 5.56. The molecule has 2 rings (SSSR count). The van der Waals surface area contributed by atoms with Crippen LogP contribution >= 0.6 is 0 Å². The quantitative estimate of drug-likeness (QED) is 0.667. The minimum atomic E-state index is -0.199. The summed E-state index contributed by atoms with van der Waals surface area (Å²) in [6, 6.07) is 12.2. The number of carbonyl (C=O) groups excluding carboxylic acids is 2. The summed E-state index contributed by atoms with van der Waals surface area (Å²) >= 11 is 0. The van der Waals surface area contributed by atoms with E-state index in [2.05, 4.69) is 17.2 Å². The Morgan fingerprint density at radius 2 is 1.52 bits per heavy atom. The van der Waals surface area contributed by atoms with Crippen molar-refractivity contribution >= 4 is 11.8 Å². The third-order valence-electron chi connectivity index (χ3n) is 3.96. The molecule has 6 nitrogen and oxygen atoms in total. The maximum absolute atomic E-state index is 12.2. The second-order valence-electron chi connectivity index (χ2n) is 5.77. The van der Waals surface area contributed by atoms with Gasteiger partial charge in [-0.2, -0.15) is 0 Å². The fourth-order valence-electron chi connectivity index (χ4n) is 2.50. The molecule has 2 N–H and O–H groups in total. The van der Waals surface area contributed by atoms with Crippen molar-refractivity contribution in [3.05, 3.63) is 71.8 Å². The summed E-state index contributed by atoms with van der Waals surface area (Å²) in [7, 11) is 3.18. The molecule has 0 aliphatic carbocycles. The number of benzene rings is 2. The molecular formula is C21H24N2O4. The fraction of sp³-hybridized carbons (Fsp3) is 0.238. The maximum atomic E-state index is 12.2. The minimum absolute atomic E-state index is 0.187. The molecule has 0 heterocycles. The lowest BCUT2D eigenvalue weighted by atomic mass is 10.1. The van der Waals surface area contributed by atoms with Crippen molar-refractivity contribution in [2.24, 2.45) is 0 Å². The highest BCUT2D eigenvalue weighted by atomic mass is 16.5. The van der Waals surface area contributed by atoms with Crippen LogP contribution in [0.4, 0.5) is 0 Å². The van der Waals surface area contributed by atoms with Gasteiger partial charge < -0.3 is 20.1 Å². The molecule has 142 valence electrons. The number of hydrogen-bond acceptors (Lipinski definition) is 4. The summed E-state index contributed by atoms with van der Waals surface area (Å²) in [6.07, 6.45) is 2.27. The number of rotatable bonds is 9. The molecule has 6 heteroatoms. The van der Waals surface area contributed by atoms with Crippen molar-refractivity contribution in [1.82, 2.24) is 10.6 Å². The molecule has 0 aromatic heterocycles. The zero-order chi connectivity index (χ0) is 19.6. The first-order valence-corrected chi connectivity index (χ1v) is 8.57. The number of carbonyl (C=O) groups is 2. The molecule has 0 bridgehead atoms. The van der Waals surface area contributed by atoms with E-state index >= 15 is 0 Å². The van der Waals surface area contributed by atoms with Crippen LogP contribution in [-0.4, -0.2) is 39.1 Å². The van der Waals surface area contributed by atoms with Gasteiger partial charge in [0.05, 0.1) is 14.2 Å². The number of amides is 2. The molecule has 0 fully saturated rings. The van der Waals surface area contributed by atoms with Gasteiger partial charge in [0.25, 0.3) is 11.8 Å². The first kappa shape index (κ1) is 20.0. The number of methoxy groups -OCH3 is 2. The largest absolute Gasteiger partial charge is 0.493 e. The molecule has 0 saturated carbocycles. The second-order valence-corrected chi connectivity index (χ2v) is 5.77. The summed E-state index contributed by atoms with van der Waals surface area (Å²) in [6.45, 7) is 4.43. The Balaban J connectivity index is 1.88. The van der Waals surface area contributed by atoms with Crippen LogP contribution in [0.5, 0.6) is 11.5 Å². The van der Waals surface area contributed by atoms with E-state index in [-0.39, 0.29) is 11.8 Å². The van der Waals surface area contributed by atoms with Gasteiger partial charge in [-0.05, 0) is 48.4 Å². The van der Waals surface area contributed by atoms with E-state index in [1.807, 2.05) is 18.2 Å². The number of nitrogens with one attached hydrogen (secondary N) is 2. The van der Waals surface area contributed by atoms with Crippen LogP contribution in [0.3, 0.4) is 0 Å². The van der Waals surface area contributed by atoms with Gasteiger partial charge in [-0.3, -0.25) is 9.59 Å². The predicted octanol–water partition coefficient (Wildman–Crippen LogP) is 2.59. The molecule has 2 amide bonds. The Morgan fingerprint density at radius 1 is 0.926 bits per heavy atom. The Hall–Kier alpha value is -3.28. The van der Waals surface area contributed by atoms with E-state index in [0.29, 0.717) is 42.1 Å². The van der Waals surface area contributed by atoms with Crippen LogP contribution in [0.1, 0.15) is 26.3 Å². The summed E-state index contributed by atoms with van der Waals surface area (Å²) in [5.74, 6) is 0.943. The molecule has 0 aliphatic heterocycles. The normalized spacial score (nSPS) is 10.0. The molecule has 0 aliphatic rings. The molecule has 0 unspecified atom stereocenters. The van der Waals surface area contributed by atoms with Crippen LogP contribution in [-0.2, 0) is 6.42 Å². The van der Waals surface area contributed by atoms with Gasteiger partial charge in [0.2, 0.25) is 0 Å². The fourth-order valence-corrected chi connectivity index (χ4v) is 2.50. The van der Waals surface area contributed by atoms with Crippen LogP contribution in [0.2, 0.25) is 0 Å². The van der Waals surface area contributed by atoms with Crippen molar-refractivity contribution in [3.8, 4) is 11.5 Å². The van der Waals surface area contributed by atoms with Gasteiger partial charge in [0.1, 0.15) is 0 Å². The Labute approximate surface area is 159 Å². The topological polar surface area (TPSA) is 76.7 Å². The Kier molecular flexibility index (Phi) is 7.43. The molecule has 0 saturated heterocycles. The first-order valence-electron chi connectivity index (χ1n) is 8.57. The van der Waals surface area contributed by atoms with E-state index in [4.69, 9.17) is 9.47 Å².